The zero-order valence-corrected chi connectivity index (χ0v) is 10.7. The van der Waals surface area contributed by atoms with Gasteiger partial charge in [-0.25, -0.2) is 0 Å². The Morgan fingerprint density at radius 2 is 1.79 bits per heavy atom. The number of benzene rings is 1. The lowest BCUT2D eigenvalue weighted by atomic mass is 10.1. The van der Waals surface area contributed by atoms with E-state index in [-0.39, 0.29) is 0 Å². The molecule has 78 valence electrons. The van der Waals surface area contributed by atoms with Crippen molar-refractivity contribution < 1.29 is 0 Å². The molecule has 0 N–H and O–H groups in total. The lowest BCUT2D eigenvalue weighted by Crippen LogP contribution is -1.90. The highest BCUT2D eigenvalue weighted by Crippen LogP contribution is 2.28. The van der Waals surface area contributed by atoms with Crippen molar-refractivity contribution in [3.8, 4) is 0 Å². The number of hydrogen-bond donors (Lipinski definition) is 0. The summed E-state index contributed by atoms with van der Waals surface area (Å²) < 4.78 is 0. The zero-order valence-electron chi connectivity index (χ0n) is 9.09. The van der Waals surface area contributed by atoms with E-state index >= 15 is 0 Å². The standard InChI is InChI=1S/C13H19Br/c1-3-4-5-6-13(14)12-9-7-11(2)8-10-12/h7-10,13H,3-6H2,1-2H3. The molecule has 0 radical (unpaired) electrons. The van der Waals surface area contributed by atoms with Gasteiger partial charge in [-0.05, 0) is 18.9 Å². The van der Waals surface area contributed by atoms with Crippen molar-refractivity contribution in [3.05, 3.63) is 35.4 Å². The smallest absolute Gasteiger partial charge is 0.0395 e. The average molecular weight is 255 g/mol. The molecule has 0 aliphatic rings. The van der Waals surface area contributed by atoms with Gasteiger partial charge < -0.3 is 0 Å². The van der Waals surface area contributed by atoms with Crippen LogP contribution in [0.4, 0.5) is 0 Å². The highest BCUT2D eigenvalue weighted by atomic mass is 79.9. The quantitative estimate of drug-likeness (QED) is 0.512. The summed E-state index contributed by atoms with van der Waals surface area (Å²) >= 11 is 3.74. The second-order valence-corrected chi connectivity index (χ2v) is 4.98. The van der Waals surface area contributed by atoms with E-state index in [4.69, 9.17) is 0 Å². The number of halogens is 1. The van der Waals surface area contributed by atoms with Gasteiger partial charge in [-0.3, -0.25) is 0 Å². The second kappa shape index (κ2) is 6.23. The molecule has 1 rings (SSSR count). The first-order chi connectivity index (χ1) is 6.74. The SMILES string of the molecule is CCCCCC(Br)c1ccc(C)cc1. The molecule has 1 aromatic rings. The van der Waals surface area contributed by atoms with Gasteiger partial charge in [-0.2, -0.15) is 0 Å². The van der Waals surface area contributed by atoms with E-state index in [1.54, 1.807) is 0 Å². The summed E-state index contributed by atoms with van der Waals surface area (Å²) in [5.74, 6) is 0. The third kappa shape index (κ3) is 3.83. The molecule has 0 saturated carbocycles. The van der Waals surface area contributed by atoms with E-state index in [9.17, 15) is 0 Å². The summed E-state index contributed by atoms with van der Waals surface area (Å²) in [5.41, 5.74) is 2.74. The molecule has 0 heterocycles. The topological polar surface area (TPSA) is 0 Å². The van der Waals surface area contributed by atoms with E-state index in [0.29, 0.717) is 4.83 Å². The molecule has 0 spiro atoms. The molecular formula is C13H19Br. The summed E-state index contributed by atoms with van der Waals surface area (Å²) in [6, 6.07) is 8.81. The largest absolute Gasteiger partial charge is 0.0839 e. The number of unbranched alkanes of at least 4 members (excludes halogenated alkanes) is 2. The molecule has 14 heavy (non-hydrogen) atoms. The van der Waals surface area contributed by atoms with Gasteiger partial charge in [0.05, 0.1) is 0 Å². The summed E-state index contributed by atoms with van der Waals surface area (Å²) in [4.78, 5) is 0.537. The van der Waals surface area contributed by atoms with Gasteiger partial charge >= 0.3 is 0 Å². The molecule has 1 atom stereocenters. The van der Waals surface area contributed by atoms with E-state index in [0.717, 1.165) is 0 Å². The van der Waals surface area contributed by atoms with Crippen LogP contribution in [0.3, 0.4) is 0 Å². The predicted molar refractivity (Wildman–Crippen MR) is 67.0 cm³/mol. The molecule has 0 saturated heterocycles. The van der Waals surface area contributed by atoms with Crippen molar-refractivity contribution in [2.75, 3.05) is 0 Å². The molecule has 1 unspecified atom stereocenters. The van der Waals surface area contributed by atoms with Gasteiger partial charge in [0.25, 0.3) is 0 Å². The molecular weight excluding hydrogens is 236 g/mol. The van der Waals surface area contributed by atoms with Gasteiger partial charge in [0, 0.05) is 4.83 Å². The number of rotatable bonds is 5. The first kappa shape index (κ1) is 11.8. The van der Waals surface area contributed by atoms with Gasteiger partial charge in [-0.15, -0.1) is 0 Å². The minimum absolute atomic E-state index is 0.537. The average Bonchev–Trinajstić information content (AvgIpc) is 2.19. The van der Waals surface area contributed by atoms with Crippen molar-refractivity contribution in [3.63, 3.8) is 0 Å². The molecule has 1 heteroatoms. The van der Waals surface area contributed by atoms with Crippen LogP contribution in [0.25, 0.3) is 0 Å². The van der Waals surface area contributed by atoms with Crippen LogP contribution in [-0.4, -0.2) is 0 Å². The first-order valence-electron chi connectivity index (χ1n) is 5.44. The predicted octanol–water partition coefficient (Wildman–Crippen LogP) is 5.01. The summed E-state index contributed by atoms with van der Waals surface area (Å²) in [5, 5.41) is 0. The Labute approximate surface area is 95.9 Å². The maximum atomic E-state index is 3.74. The number of hydrogen-bond acceptors (Lipinski definition) is 0. The molecule has 0 fully saturated rings. The highest BCUT2D eigenvalue weighted by molar-refractivity contribution is 9.09. The minimum atomic E-state index is 0.537. The summed E-state index contributed by atoms with van der Waals surface area (Å²) in [6.07, 6.45) is 5.21. The van der Waals surface area contributed by atoms with Crippen molar-refractivity contribution in [1.29, 1.82) is 0 Å². The molecule has 1 aromatic carbocycles. The Kier molecular flexibility index (Phi) is 5.24. The highest BCUT2D eigenvalue weighted by Gasteiger charge is 2.05. The van der Waals surface area contributed by atoms with Crippen LogP contribution in [0.5, 0.6) is 0 Å². The fraction of sp³-hybridized carbons (Fsp3) is 0.538. The van der Waals surface area contributed by atoms with E-state index in [2.05, 4.69) is 54.0 Å². The third-order valence-corrected chi connectivity index (χ3v) is 3.49. The second-order valence-electron chi connectivity index (χ2n) is 3.87. The Morgan fingerprint density at radius 1 is 1.14 bits per heavy atom. The normalized spacial score (nSPS) is 12.8. The maximum Gasteiger partial charge on any atom is 0.0395 e. The molecule has 0 nitrogen and oxygen atoms in total. The Hall–Kier alpha value is -0.300. The molecule has 0 aromatic heterocycles. The molecule has 0 aliphatic heterocycles. The van der Waals surface area contributed by atoms with Crippen LogP contribution in [0, 0.1) is 6.92 Å². The Balaban J connectivity index is 2.43. The minimum Gasteiger partial charge on any atom is -0.0839 e. The Bertz CT molecular complexity index is 250. The van der Waals surface area contributed by atoms with Crippen molar-refractivity contribution in [2.24, 2.45) is 0 Å². The number of alkyl halides is 1. The van der Waals surface area contributed by atoms with Crippen molar-refractivity contribution >= 4 is 15.9 Å². The fourth-order valence-electron chi connectivity index (χ4n) is 1.52. The van der Waals surface area contributed by atoms with Crippen LogP contribution in [0.15, 0.2) is 24.3 Å². The maximum absolute atomic E-state index is 3.74. The van der Waals surface area contributed by atoms with Crippen LogP contribution < -0.4 is 0 Å². The van der Waals surface area contributed by atoms with Crippen LogP contribution in [0.2, 0.25) is 0 Å². The van der Waals surface area contributed by atoms with Crippen LogP contribution >= 0.6 is 15.9 Å². The Morgan fingerprint density at radius 3 is 2.36 bits per heavy atom. The first-order valence-corrected chi connectivity index (χ1v) is 6.36. The van der Waals surface area contributed by atoms with Gasteiger partial charge in [-0.1, -0.05) is 71.9 Å². The van der Waals surface area contributed by atoms with Crippen molar-refractivity contribution in [1.82, 2.24) is 0 Å². The molecule has 0 aliphatic carbocycles. The zero-order chi connectivity index (χ0) is 10.4. The fourth-order valence-corrected chi connectivity index (χ4v) is 2.14. The van der Waals surface area contributed by atoms with Crippen LogP contribution in [-0.2, 0) is 0 Å². The third-order valence-electron chi connectivity index (χ3n) is 2.50. The van der Waals surface area contributed by atoms with E-state index in [1.807, 2.05) is 0 Å². The lowest BCUT2D eigenvalue weighted by molar-refractivity contribution is 0.664. The monoisotopic (exact) mass is 254 g/mol. The lowest BCUT2D eigenvalue weighted by Gasteiger charge is -2.09. The van der Waals surface area contributed by atoms with Crippen molar-refractivity contribution in [2.45, 2.75) is 44.4 Å². The van der Waals surface area contributed by atoms with E-state index < -0.39 is 0 Å². The number of aryl methyl sites for hydroxylation is 1. The van der Waals surface area contributed by atoms with E-state index in [1.165, 1.54) is 36.8 Å². The molecule has 0 bridgehead atoms. The van der Waals surface area contributed by atoms with Gasteiger partial charge in [0.2, 0.25) is 0 Å². The molecule has 0 amide bonds. The summed E-state index contributed by atoms with van der Waals surface area (Å²) in [7, 11) is 0. The van der Waals surface area contributed by atoms with Crippen LogP contribution in [0.1, 0.15) is 48.6 Å². The summed E-state index contributed by atoms with van der Waals surface area (Å²) in [6.45, 7) is 4.37. The van der Waals surface area contributed by atoms with Gasteiger partial charge in [0.1, 0.15) is 0 Å². The van der Waals surface area contributed by atoms with Gasteiger partial charge in [0.15, 0.2) is 0 Å².